The van der Waals surface area contributed by atoms with E-state index >= 15 is 0 Å². The van der Waals surface area contributed by atoms with Crippen LogP contribution >= 0.6 is 0 Å². The van der Waals surface area contributed by atoms with E-state index in [1.807, 2.05) is 0 Å². The quantitative estimate of drug-likeness (QED) is 0.488. The SMILES string of the molecule is CC(C)N1CC=C(CCC=O)CC1. The van der Waals surface area contributed by atoms with E-state index in [-0.39, 0.29) is 0 Å². The molecule has 0 bridgehead atoms. The Morgan fingerprint density at radius 2 is 2.38 bits per heavy atom. The molecule has 0 spiro atoms. The van der Waals surface area contributed by atoms with Crippen LogP contribution in [-0.2, 0) is 4.79 Å². The lowest BCUT2D eigenvalue weighted by Gasteiger charge is -2.29. The van der Waals surface area contributed by atoms with E-state index in [0.717, 1.165) is 32.2 Å². The highest BCUT2D eigenvalue weighted by atomic mass is 16.1. The average Bonchev–Trinajstić information content (AvgIpc) is 2.15. The van der Waals surface area contributed by atoms with Gasteiger partial charge >= 0.3 is 0 Å². The fraction of sp³-hybridized carbons (Fsp3) is 0.727. The molecule has 0 aliphatic carbocycles. The fourth-order valence-electron chi connectivity index (χ4n) is 1.67. The summed E-state index contributed by atoms with van der Waals surface area (Å²) in [7, 11) is 0. The Balaban J connectivity index is 2.34. The maximum atomic E-state index is 10.2. The zero-order valence-electron chi connectivity index (χ0n) is 8.62. The first-order chi connectivity index (χ1) is 6.24. The number of hydrogen-bond donors (Lipinski definition) is 0. The van der Waals surface area contributed by atoms with Gasteiger partial charge in [-0.15, -0.1) is 0 Å². The van der Waals surface area contributed by atoms with Gasteiger partial charge in [0.25, 0.3) is 0 Å². The molecule has 1 aliphatic heterocycles. The molecule has 1 aliphatic rings. The van der Waals surface area contributed by atoms with Crippen LogP contribution in [0.15, 0.2) is 11.6 Å². The zero-order valence-corrected chi connectivity index (χ0v) is 8.62. The minimum absolute atomic E-state index is 0.642. The molecule has 0 fully saturated rings. The molecule has 0 radical (unpaired) electrons. The van der Waals surface area contributed by atoms with Crippen LogP contribution in [0.2, 0.25) is 0 Å². The summed E-state index contributed by atoms with van der Waals surface area (Å²) in [5.74, 6) is 0. The van der Waals surface area contributed by atoms with Crippen molar-refractivity contribution in [3.8, 4) is 0 Å². The zero-order chi connectivity index (χ0) is 9.68. The summed E-state index contributed by atoms with van der Waals surface area (Å²) in [5.41, 5.74) is 1.46. The highest BCUT2D eigenvalue weighted by Crippen LogP contribution is 2.16. The van der Waals surface area contributed by atoms with E-state index in [2.05, 4.69) is 24.8 Å². The van der Waals surface area contributed by atoms with Crippen molar-refractivity contribution in [1.29, 1.82) is 0 Å². The Labute approximate surface area is 80.6 Å². The number of rotatable bonds is 4. The molecule has 0 saturated heterocycles. The molecule has 0 aromatic rings. The Hall–Kier alpha value is -0.630. The van der Waals surface area contributed by atoms with E-state index in [4.69, 9.17) is 0 Å². The van der Waals surface area contributed by atoms with Gasteiger partial charge in [0.1, 0.15) is 6.29 Å². The summed E-state index contributed by atoms with van der Waals surface area (Å²) in [4.78, 5) is 12.6. The van der Waals surface area contributed by atoms with Crippen LogP contribution in [0.3, 0.4) is 0 Å². The second-order valence-electron chi connectivity index (χ2n) is 3.91. The lowest BCUT2D eigenvalue weighted by Crippen LogP contribution is -2.34. The minimum atomic E-state index is 0.642. The van der Waals surface area contributed by atoms with Crippen LogP contribution < -0.4 is 0 Å². The summed E-state index contributed by atoms with van der Waals surface area (Å²) in [6.45, 7) is 6.67. The van der Waals surface area contributed by atoms with Crippen molar-refractivity contribution in [2.24, 2.45) is 0 Å². The maximum absolute atomic E-state index is 10.2. The van der Waals surface area contributed by atoms with Gasteiger partial charge in [0.15, 0.2) is 0 Å². The minimum Gasteiger partial charge on any atom is -0.303 e. The van der Waals surface area contributed by atoms with Gasteiger partial charge in [-0.1, -0.05) is 11.6 Å². The molecular weight excluding hydrogens is 162 g/mol. The van der Waals surface area contributed by atoms with Gasteiger partial charge in [-0.2, -0.15) is 0 Å². The van der Waals surface area contributed by atoms with Crippen LogP contribution in [0.25, 0.3) is 0 Å². The normalized spacial score (nSPS) is 18.8. The van der Waals surface area contributed by atoms with Crippen molar-refractivity contribution < 1.29 is 4.79 Å². The Bertz CT molecular complexity index is 196. The highest BCUT2D eigenvalue weighted by molar-refractivity contribution is 5.49. The van der Waals surface area contributed by atoms with Gasteiger partial charge in [-0.3, -0.25) is 4.90 Å². The standard InChI is InChI=1S/C11H19NO/c1-10(2)12-7-5-11(6-8-12)4-3-9-13/h5,9-10H,3-4,6-8H2,1-2H3. The third-order valence-electron chi connectivity index (χ3n) is 2.65. The molecule has 0 unspecified atom stereocenters. The molecule has 74 valence electrons. The van der Waals surface area contributed by atoms with Crippen LogP contribution in [0.1, 0.15) is 33.1 Å². The summed E-state index contributed by atoms with van der Waals surface area (Å²) in [5, 5.41) is 0. The molecule has 2 nitrogen and oxygen atoms in total. The van der Waals surface area contributed by atoms with Crippen LogP contribution in [0.5, 0.6) is 0 Å². The third-order valence-corrected chi connectivity index (χ3v) is 2.65. The molecule has 0 aromatic heterocycles. The van der Waals surface area contributed by atoms with Crippen molar-refractivity contribution in [2.45, 2.75) is 39.2 Å². The molecule has 1 heterocycles. The van der Waals surface area contributed by atoms with Gasteiger partial charge in [-0.25, -0.2) is 0 Å². The third kappa shape index (κ3) is 3.31. The topological polar surface area (TPSA) is 20.3 Å². The molecule has 0 saturated carbocycles. The number of aldehydes is 1. The van der Waals surface area contributed by atoms with E-state index in [9.17, 15) is 4.79 Å². The Morgan fingerprint density at radius 1 is 1.62 bits per heavy atom. The van der Waals surface area contributed by atoms with Crippen molar-refractivity contribution >= 4 is 6.29 Å². The summed E-state index contributed by atoms with van der Waals surface area (Å²) >= 11 is 0. The summed E-state index contributed by atoms with van der Waals surface area (Å²) in [6, 6.07) is 0.642. The summed E-state index contributed by atoms with van der Waals surface area (Å²) < 4.78 is 0. The van der Waals surface area contributed by atoms with Crippen molar-refractivity contribution in [2.75, 3.05) is 13.1 Å². The fourth-order valence-corrected chi connectivity index (χ4v) is 1.67. The number of carbonyl (C=O) groups is 1. The number of carbonyl (C=O) groups excluding carboxylic acids is 1. The molecule has 2 heteroatoms. The maximum Gasteiger partial charge on any atom is 0.120 e. The lowest BCUT2D eigenvalue weighted by atomic mass is 10.0. The van der Waals surface area contributed by atoms with Crippen LogP contribution in [0, 0.1) is 0 Å². The first kappa shape index (κ1) is 10.5. The largest absolute Gasteiger partial charge is 0.303 e. The molecular formula is C11H19NO. The lowest BCUT2D eigenvalue weighted by molar-refractivity contribution is -0.107. The second-order valence-corrected chi connectivity index (χ2v) is 3.91. The van der Waals surface area contributed by atoms with Gasteiger partial charge in [0.05, 0.1) is 0 Å². The van der Waals surface area contributed by atoms with Gasteiger partial charge in [-0.05, 0) is 26.7 Å². The van der Waals surface area contributed by atoms with E-state index in [0.29, 0.717) is 12.5 Å². The van der Waals surface area contributed by atoms with Gasteiger partial charge in [0, 0.05) is 25.6 Å². The van der Waals surface area contributed by atoms with E-state index < -0.39 is 0 Å². The predicted molar refractivity (Wildman–Crippen MR) is 54.7 cm³/mol. The van der Waals surface area contributed by atoms with Gasteiger partial charge < -0.3 is 4.79 Å². The van der Waals surface area contributed by atoms with Crippen molar-refractivity contribution in [3.63, 3.8) is 0 Å². The molecule has 0 N–H and O–H groups in total. The van der Waals surface area contributed by atoms with Gasteiger partial charge in [0.2, 0.25) is 0 Å². The Morgan fingerprint density at radius 3 is 2.85 bits per heavy atom. The number of nitrogens with zero attached hydrogens (tertiary/aromatic N) is 1. The molecule has 13 heavy (non-hydrogen) atoms. The Kier molecular flexibility index (Phi) is 4.16. The van der Waals surface area contributed by atoms with E-state index in [1.165, 1.54) is 5.57 Å². The highest BCUT2D eigenvalue weighted by Gasteiger charge is 2.13. The van der Waals surface area contributed by atoms with Crippen LogP contribution in [0.4, 0.5) is 0 Å². The van der Waals surface area contributed by atoms with Crippen LogP contribution in [-0.4, -0.2) is 30.3 Å². The summed E-state index contributed by atoms with van der Waals surface area (Å²) in [6.07, 6.45) is 6.09. The van der Waals surface area contributed by atoms with Crippen molar-refractivity contribution in [3.05, 3.63) is 11.6 Å². The average molecular weight is 181 g/mol. The monoisotopic (exact) mass is 181 g/mol. The molecule has 0 amide bonds. The first-order valence-electron chi connectivity index (χ1n) is 5.09. The smallest absolute Gasteiger partial charge is 0.120 e. The van der Waals surface area contributed by atoms with Crippen molar-refractivity contribution in [1.82, 2.24) is 4.90 Å². The predicted octanol–water partition coefficient (Wildman–Crippen LogP) is 2.01. The number of hydrogen-bond acceptors (Lipinski definition) is 2. The molecule has 1 rings (SSSR count). The molecule has 0 atom stereocenters. The van der Waals surface area contributed by atoms with E-state index in [1.54, 1.807) is 0 Å². The molecule has 0 aromatic carbocycles. The first-order valence-corrected chi connectivity index (χ1v) is 5.09. The second kappa shape index (κ2) is 5.18.